The van der Waals surface area contributed by atoms with E-state index in [0.717, 1.165) is 103 Å². The molecule has 0 aliphatic carbocycles. The molecule has 0 radical (unpaired) electrons. The molecule has 2 atom stereocenters. The Balaban J connectivity index is -0.00000120. The van der Waals surface area contributed by atoms with Gasteiger partial charge in [-0.1, -0.05) is 130 Å². The topological polar surface area (TPSA) is 90.2 Å². The molecule has 278 valence electrons. The summed E-state index contributed by atoms with van der Waals surface area (Å²) in [5.41, 5.74) is 0. The number of unbranched alkanes of at least 4 members (excludes halogenated alkanes) is 15. The van der Waals surface area contributed by atoms with Crippen molar-refractivity contribution in [3.63, 3.8) is 0 Å². The van der Waals surface area contributed by atoms with Crippen LogP contribution in [0.5, 0.6) is 0 Å². The van der Waals surface area contributed by atoms with E-state index < -0.39 is 0 Å². The molecule has 46 heavy (non-hydrogen) atoms. The zero-order valence-corrected chi connectivity index (χ0v) is 34.2. The summed E-state index contributed by atoms with van der Waals surface area (Å²) in [7, 11) is 0. The molecule has 0 saturated carbocycles. The summed E-state index contributed by atoms with van der Waals surface area (Å²) in [5.74, 6) is 0.142. The molecular formula is C39H81NO5W. The smallest absolute Gasteiger partial charge is 0.308 e. The first kappa shape index (κ1) is 50.4. The molecule has 0 aliphatic rings. The average Bonchev–Trinajstić information content (AvgIpc) is 3.04. The monoisotopic (exact) mass is 828 g/mol. The molecular weight excluding hydrogens is 746 g/mol. The quantitative estimate of drug-likeness (QED) is 0.0442. The van der Waals surface area contributed by atoms with Gasteiger partial charge in [-0.25, -0.2) is 0 Å². The van der Waals surface area contributed by atoms with Gasteiger partial charge < -0.3 is 25.0 Å². The molecule has 7 heteroatoms. The van der Waals surface area contributed by atoms with Gasteiger partial charge in [-0.2, -0.15) is 0 Å². The molecule has 2 unspecified atom stereocenters. The molecule has 0 aliphatic heterocycles. The summed E-state index contributed by atoms with van der Waals surface area (Å²) in [6.45, 7) is 13.2. The molecule has 0 rings (SSSR count). The minimum atomic E-state index is -0.0261. The number of carbonyl (C=O) groups excluding carboxylic acids is 1. The number of ether oxygens (including phenoxy) is 1. The second kappa shape index (κ2) is 43.0. The van der Waals surface area contributed by atoms with E-state index in [1.807, 2.05) is 0 Å². The van der Waals surface area contributed by atoms with Gasteiger partial charge in [0.1, 0.15) is 0 Å². The van der Waals surface area contributed by atoms with Crippen LogP contribution in [0.1, 0.15) is 195 Å². The second-order valence-electron chi connectivity index (χ2n) is 13.3. The number of hydrogen-bond acceptors (Lipinski definition) is 6. The summed E-state index contributed by atoms with van der Waals surface area (Å²) < 4.78 is 5.65. The Bertz CT molecular complexity index is 568. The molecule has 0 saturated heterocycles. The number of aliphatic hydroxyl groups excluding tert-OH is 3. The van der Waals surface area contributed by atoms with Crippen LogP contribution in [0.15, 0.2) is 0 Å². The van der Waals surface area contributed by atoms with Gasteiger partial charge in [-0.15, -0.1) is 0 Å². The van der Waals surface area contributed by atoms with Crippen molar-refractivity contribution in [3.8, 4) is 0 Å². The SMILES string of the molecule is CCCCCCC(CCCC)C(=O)OCCCCCCN(CCCCO)CCCCCCO.CCCCCCC(O)CCCC.[W]. The van der Waals surface area contributed by atoms with E-state index in [1.165, 1.54) is 83.5 Å². The summed E-state index contributed by atoms with van der Waals surface area (Å²) in [6.07, 6.45) is 29.3. The maximum Gasteiger partial charge on any atom is 0.308 e. The van der Waals surface area contributed by atoms with Gasteiger partial charge in [-0.3, -0.25) is 4.79 Å². The van der Waals surface area contributed by atoms with Gasteiger partial charge in [0.25, 0.3) is 0 Å². The normalized spacial score (nSPS) is 12.3. The Hall–Kier alpha value is -0.00169. The fourth-order valence-electron chi connectivity index (χ4n) is 5.70. The minimum absolute atomic E-state index is 0. The van der Waals surface area contributed by atoms with Crippen LogP contribution >= 0.6 is 0 Å². The summed E-state index contributed by atoms with van der Waals surface area (Å²) in [5, 5.41) is 27.4. The van der Waals surface area contributed by atoms with Gasteiger partial charge in [0, 0.05) is 34.3 Å². The van der Waals surface area contributed by atoms with Crippen molar-refractivity contribution >= 4 is 5.97 Å². The van der Waals surface area contributed by atoms with Gasteiger partial charge in [0.2, 0.25) is 0 Å². The summed E-state index contributed by atoms with van der Waals surface area (Å²) >= 11 is 0. The third-order valence-electron chi connectivity index (χ3n) is 8.81. The minimum Gasteiger partial charge on any atom is -0.465 e. The molecule has 0 aromatic rings. The number of carbonyl (C=O) groups is 1. The van der Waals surface area contributed by atoms with E-state index in [1.54, 1.807) is 0 Å². The number of nitrogens with zero attached hydrogens (tertiary/aromatic N) is 1. The van der Waals surface area contributed by atoms with E-state index in [0.29, 0.717) is 13.2 Å². The second-order valence-corrected chi connectivity index (χ2v) is 13.3. The van der Waals surface area contributed by atoms with Crippen LogP contribution in [-0.4, -0.2) is 71.7 Å². The van der Waals surface area contributed by atoms with Crippen LogP contribution in [0.2, 0.25) is 0 Å². The van der Waals surface area contributed by atoms with Crippen LogP contribution < -0.4 is 0 Å². The molecule has 6 nitrogen and oxygen atoms in total. The molecule has 0 heterocycles. The zero-order valence-electron chi connectivity index (χ0n) is 31.3. The van der Waals surface area contributed by atoms with Crippen molar-refractivity contribution in [1.29, 1.82) is 0 Å². The molecule has 3 N–H and O–H groups in total. The number of aliphatic hydroxyl groups is 3. The third kappa shape index (κ3) is 38.4. The molecule has 0 amide bonds. The first-order chi connectivity index (χ1) is 22.0. The van der Waals surface area contributed by atoms with E-state index in [9.17, 15) is 9.90 Å². The molecule has 0 aromatic heterocycles. The number of esters is 1. The standard InChI is InChI=1S/C28H57NO4.C11H24O.W/c1-3-5-7-12-20-27(19-6-4-2)28(32)33-26-18-11-9-14-22-29(23-15-17-25-31)21-13-8-10-16-24-30;1-3-5-7-8-10-11(12)9-6-4-2;/h27,30-31H,3-26H2,1-2H3;11-12H,3-10H2,1-2H3;. The van der Waals surface area contributed by atoms with Gasteiger partial charge in [-0.05, 0) is 83.8 Å². The Labute approximate surface area is 301 Å². The molecule has 0 aromatic carbocycles. The van der Waals surface area contributed by atoms with Crippen LogP contribution in [0.3, 0.4) is 0 Å². The van der Waals surface area contributed by atoms with Crippen molar-refractivity contribution in [2.24, 2.45) is 5.92 Å². The Morgan fingerprint density at radius 3 is 1.46 bits per heavy atom. The third-order valence-corrected chi connectivity index (χ3v) is 8.81. The Kier molecular flexibility index (Phi) is 47.1. The number of rotatable bonds is 34. The van der Waals surface area contributed by atoms with E-state index in [-0.39, 0.29) is 45.7 Å². The summed E-state index contributed by atoms with van der Waals surface area (Å²) in [6, 6.07) is 0. The first-order valence-electron chi connectivity index (χ1n) is 19.8. The van der Waals surface area contributed by atoms with Crippen molar-refractivity contribution in [1.82, 2.24) is 4.90 Å². The van der Waals surface area contributed by atoms with Crippen molar-refractivity contribution in [3.05, 3.63) is 0 Å². The van der Waals surface area contributed by atoms with Crippen molar-refractivity contribution < 1.29 is 45.9 Å². The van der Waals surface area contributed by atoms with Crippen LogP contribution in [0.25, 0.3) is 0 Å². The first-order valence-corrected chi connectivity index (χ1v) is 19.8. The van der Waals surface area contributed by atoms with E-state index in [2.05, 4.69) is 32.6 Å². The maximum absolute atomic E-state index is 12.5. The molecule has 0 fully saturated rings. The van der Waals surface area contributed by atoms with Crippen molar-refractivity contribution in [2.45, 2.75) is 201 Å². The van der Waals surface area contributed by atoms with Crippen molar-refractivity contribution in [2.75, 3.05) is 39.5 Å². The number of hydrogen-bond donors (Lipinski definition) is 3. The van der Waals surface area contributed by atoms with Gasteiger partial charge in [0.15, 0.2) is 0 Å². The van der Waals surface area contributed by atoms with Crippen LogP contribution in [-0.2, 0) is 30.6 Å². The largest absolute Gasteiger partial charge is 0.465 e. The van der Waals surface area contributed by atoms with E-state index >= 15 is 0 Å². The average molecular weight is 828 g/mol. The molecule has 0 bridgehead atoms. The maximum atomic E-state index is 12.5. The Morgan fingerprint density at radius 1 is 0.522 bits per heavy atom. The zero-order chi connectivity index (χ0) is 33.6. The Morgan fingerprint density at radius 2 is 0.913 bits per heavy atom. The fourth-order valence-corrected chi connectivity index (χ4v) is 5.70. The van der Waals surface area contributed by atoms with Crippen LogP contribution in [0.4, 0.5) is 0 Å². The fraction of sp³-hybridized carbons (Fsp3) is 0.974. The van der Waals surface area contributed by atoms with Gasteiger partial charge >= 0.3 is 5.97 Å². The summed E-state index contributed by atoms with van der Waals surface area (Å²) in [4.78, 5) is 15.1. The predicted octanol–water partition coefficient (Wildman–Crippen LogP) is 10.00. The predicted molar refractivity (Wildman–Crippen MR) is 194 cm³/mol. The molecule has 0 spiro atoms. The van der Waals surface area contributed by atoms with E-state index in [4.69, 9.17) is 14.9 Å². The van der Waals surface area contributed by atoms with Crippen LogP contribution in [0, 0.1) is 5.92 Å². The van der Waals surface area contributed by atoms with Gasteiger partial charge in [0.05, 0.1) is 18.6 Å².